The van der Waals surface area contributed by atoms with Crippen LogP contribution in [0.4, 0.5) is 0 Å². The topological polar surface area (TPSA) is 47.6 Å². The van der Waals surface area contributed by atoms with Crippen LogP contribution < -0.4 is 5.32 Å². The summed E-state index contributed by atoms with van der Waals surface area (Å²) in [4.78, 5) is 11.5. The lowest BCUT2D eigenvalue weighted by Crippen LogP contribution is -2.37. The van der Waals surface area contributed by atoms with E-state index in [1.54, 1.807) is 0 Å². The zero-order chi connectivity index (χ0) is 12.3. The van der Waals surface area contributed by atoms with Gasteiger partial charge < -0.3 is 14.8 Å². The molecule has 0 radical (unpaired) electrons. The summed E-state index contributed by atoms with van der Waals surface area (Å²) in [5.41, 5.74) is 0. The van der Waals surface area contributed by atoms with Crippen LogP contribution in [0.5, 0.6) is 0 Å². The number of carbonyl (C=O) groups excluding carboxylic acids is 1. The lowest BCUT2D eigenvalue weighted by molar-refractivity contribution is -0.190. The summed E-state index contributed by atoms with van der Waals surface area (Å²) < 4.78 is 11.5. The molecule has 2 rings (SSSR count). The van der Waals surface area contributed by atoms with Gasteiger partial charge in [0.25, 0.3) is 0 Å². The highest BCUT2D eigenvalue weighted by atomic mass is 16.7. The Labute approximate surface area is 103 Å². The molecule has 2 fully saturated rings. The Balaban J connectivity index is 1.86. The molecule has 2 aliphatic heterocycles. The molecule has 0 spiro atoms. The Kier molecular flexibility index (Phi) is 4.40. The number of hydrogen-bond acceptors (Lipinski definition) is 3. The predicted octanol–water partition coefficient (Wildman–Crippen LogP) is 1.83. The summed E-state index contributed by atoms with van der Waals surface area (Å²) >= 11 is 0. The predicted molar refractivity (Wildman–Crippen MR) is 64.5 cm³/mol. The number of rotatable bonds is 4. The minimum atomic E-state index is -0.101. The van der Waals surface area contributed by atoms with Gasteiger partial charge in [0.05, 0.1) is 18.6 Å². The van der Waals surface area contributed by atoms with Crippen LogP contribution in [0.2, 0.25) is 0 Å². The van der Waals surface area contributed by atoms with E-state index in [1.807, 2.05) is 0 Å². The molecule has 4 heteroatoms. The Bertz CT molecular complexity index is 261. The van der Waals surface area contributed by atoms with Crippen molar-refractivity contribution in [2.24, 2.45) is 5.92 Å². The van der Waals surface area contributed by atoms with Gasteiger partial charge in [-0.25, -0.2) is 0 Å². The molecule has 2 saturated heterocycles. The molecular formula is C13H23NO3. The second-order valence-electron chi connectivity index (χ2n) is 5.48. The molecule has 0 saturated carbocycles. The quantitative estimate of drug-likeness (QED) is 0.817. The molecule has 17 heavy (non-hydrogen) atoms. The van der Waals surface area contributed by atoms with E-state index in [-0.39, 0.29) is 24.3 Å². The second-order valence-corrected chi connectivity index (χ2v) is 5.48. The van der Waals surface area contributed by atoms with E-state index >= 15 is 0 Å². The summed E-state index contributed by atoms with van der Waals surface area (Å²) in [6, 6.07) is 0.160. The van der Waals surface area contributed by atoms with Crippen LogP contribution in [0, 0.1) is 5.92 Å². The third-order valence-electron chi connectivity index (χ3n) is 3.37. The minimum Gasteiger partial charge on any atom is -0.353 e. The van der Waals surface area contributed by atoms with Crippen LogP contribution in [-0.4, -0.2) is 30.9 Å². The second kappa shape index (κ2) is 5.83. The highest BCUT2D eigenvalue weighted by molar-refractivity contribution is 5.79. The van der Waals surface area contributed by atoms with E-state index in [2.05, 4.69) is 19.2 Å². The highest BCUT2D eigenvalue weighted by Crippen LogP contribution is 2.23. The van der Waals surface area contributed by atoms with Crippen molar-refractivity contribution < 1.29 is 14.3 Å². The lowest BCUT2D eigenvalue weighted by Gasteiger charge is -2.28. The van der Waals surface area contributed by atoms with Crippen LogP contribution in [0.25, 0.3) is 0 Å². The molecule has 3 atom stereocenters. The fourth-order valence-corrected chi connectivity index (χ4v) is 2.56. The summed E-state index contributed by atoms with van der Waals surface area (Å²) in [6.45, 7) is 5.12. The van der Waals surface area contributed by atoms with E-state index < -0.39 is 0 Å². The lowest BCUT2D eigenvalue weighted by atomic mass is 10.0. The van der Waals surface area contributed by atoms with Gasteiger partial charge in [-0.2, -0.15) is 0 Å². The molecule has 0 aliphatic carbocycles. The molecule has 2 aliphatic rings. The fourth-order valence-electron chi connectivity index (χ4n) is 2.56. The summed E-state index contributed by atoms with van der Waals surface area (Å²) in [6.07, 6.45) is 4.59. The van der Waals surface area contributed by atoms with Crippen molar-refractivity contribution in [1.29, 1.82) is 0 Å². The molecule has 1 amide bonds. The van der Waals surface area contributed by atoms with E-state index in [9.17, 15) is 4.79 Å². The van der Waals surface area contributed by atoms with Crippen LogP contribution in [0.15, 0.2) is 0 Å². The van der Waals surface area contributed by atoms with E-state index in [0.29, 0.717) is 12.3 Å². The molecule has 4 nitrogen and oxygen atoms in total. The zero-order valence-electron chi connectivity index (χ0n) is 10.8. The molecule has 98 valence electrons. The van der Waals surface area contributed by atoms with Crippen molar-refractivity contribution in [2.45, 2.75) is 64.4 Å². The summed E-state index contributed by atoms with van der Waals surface area (Å²) in [7, 11) is 0. The van der Waals surface area contributed by atoms with Crippen LogP contribution in [-0.2, 0) is 14.3 Å². The molecule has 0 aromatic rings. The van der Waals surface area contributed by atoms with Gasteiger partial charge in [0, 0.05) is 6.61 Å². The molecule has 0 aromatic carbocycles. The molecule has 0 aromatic heterocycles. The Hall–Kier alpha value is -0.610. The van der Waals surface area contributed by atoms with Gasteiger partial charge in [-0.1, -0.05) is 13.8 Å². The van der Waals surface area contributed by atoms with Gasteiger partial charge in [0.2, 0.25) is 5.91 Å². The standard InChI is InChI=1S/C13H23NO3/c1-9(2)7-10-11(8-12(15)14-10)17-13-5-3-4-6-16-13/h9-11,13H,3-8H2,1-2H3,(H,14,15). The Morgan fingerprint density at radius 1 is 1.47 bits per heavy atom. The summed E-state index contributed by atoms with van der Waals surface area (Å²) in [5.74, 6) is 0.674. The van der Waals surface area contributed by atoms with E-state index in [1.165, 1.54) is 0 Å². The number of ether oxygens (including phenoxy) is 2. The van der Waals surface area contributed by atoms with Crippen molar-refractivity contribution in [1.82, 2.24) is 5.32 Å². The van der Waals surface area contributed by atoms with Gasteiger partial charge in [0.15, 0.2) is 6.29 Å². The van der Waals surface area contributed by atoms with E-state index in [0.717, 1.165) is 32.3 Å². The van der Waals surface area contributed by atoms with Gasteiger partial charge in [-0.15, -0.1) is 0 Å². The van der Waals surface area contributed by atoms with Crippen LogP contribution >= 0.6 is 0 Å². The van der Waals surface area contributed by atoms with E-state index in [4.69, 9.17) is 9.47 Å². The molecule has 0 bridgehead atoms. The molecule has 3 unspecified atom stereocenters. The van der Waals surface area contributed by atoms with Crippen molar-refractivity contribution in [3.05, 3.63) is 0 Å². The Morgan fingerprint density at radius 2 is 2.29 bits per heavy atom. The highest BCUT2D eigenvalue weighted by Gasteiger charge is 2.35. The third-order valence-corrected chi connectivity index (χ3v) is 3.37. The average molecular weight is 241 g/mol. The monoisotopic (exact) mass is 241 g/mol. The van der Waals surface area contributed by atoms with Crippen molar-refractivity contribution in [2.75, 3.05) is 6.61 Å². The number of amides is 1. The SMILES string of the molecule is CC(C)CC1NC(=O)CC1OC1CCCCO1. The first-order chi connectivity index (χ1) is 8.15. The van der Waals surface area contributed by atoms with Crippen molar-refractivity contribution in [3.8, 4) is 0 Å². The first kappa shape index (κ1) is 12.8. The fraction of sp³-hybridized carbons (Fsp3) is 0.923. The molecular weight excluding hydrogens is 218 g/mol. The third kappa shape index (κ3) is 3.68. The van der Waals surface area contributed by atoms with Gasteiger partial charge in [-0.3, -0.25) is 4.79 Å². The maximum atomic E-state index is 11.5. The number of carbonyl (C=O) groups is 1. The molecule has 1 N–H and O–H groups in total. The summed E-state index contributed by atoms with van der Waals surface area (Å²) in [5, 5.41) is 3.01. The van der Waals surface area contributed by atoms with Gasteiger partial charge >= 0.3 is 0 Å². The number of hydrogen-bond donors (Lipinski definition) is 1. The normalized spacial score (nSPS) is 34.1. The maximum absolute atomic E-state index is 11.5. The largest absolute Gasteiger partial charge is 0.353 e. The van der Waals surface area contributed by atoms with Crippen LogP contribution in [0.1, 0.15) is 46.0 Å². The van der Waals surface area contributed by atoms with Crippen molar-refractivity contribution in [3.63, 3.8) is 0 Å². The first-order valence-electron chi connectivity index (χ1n) is 6.71. The Morgan fingerprint density at radius 3 is 2.94 bits per heavy atom. The molecule has 2 heterocycles. The van der Waals surface area contributed by atoms with Crippen LogP contribution in [0.3, 0.4) is 0 Å². The number of nitrogens with one attached hydrogen (secondary N) is 1. The smallest absolute Gasteiger partial charge is 0.223 e. The first-order valence-corrected chi connectivity index (χ1v) is 6.71. The zero-order valence-corrected chi connectivity index (χ0v) is 10.8. The minimum absolute atomic E-state index is 0.00648. The maximum Gasteiger partial charge on any atom is 0.223 e. The van der Waals surface area contributed by atoms with Gasteiger partial charge in [-0.05, 0) is 31.6 Å². The van der Waals surface area contributed by atoms with Crippen molar-refractivity contribution >= 4 is 5.91 Å². The van der Waals surface area contributed by atoms with Gasteiger partial charge in [0.1, 0.15) is 0 Å². The average Bonchev–Trinajstić information content (AvgIpc) is 2.59.